The van der Waals surface area contributed by atoms with Gasteiger partial charge < -0.3 is 10.5 Å². The number of nitrogens with two attached hydrogens (primary N) is 1. The summed E-state index contributed by atoms with van der Waals surface area (Å²) in [5, 5.41) is 1.43. The summed E-state index contributed by atoms with van der Waals surface area (Å²) in [4.78, 5) is 11.6. The van der Waals surface area contributed by atoms with E-state index >= 15 is 0 Å². The van der Waals surface area contributed by atoms with Gasteiger partial charge in [0, 0.05) is 13.1 Å². The number of carbonyl (C=O) groups excluding carboxylic acids is 1. The number of hydrogen-bond acceptors (Lipinski definition) is 4. The topological polar surface area (TPSA) is 67.6 Å². The molecule has 0 atom stereocenters. The zero-order chi connectivity index (χ0) is 11.9. The first-order valence-corrected chi connectivity index (χ1v) is 5.34. The third-order valence-corrected chi connectivity index (χ3v) is 1.52. The van der Waals surface area contributed by atoms with Crippen molar-refractivity contribution in [2.24, 2.45) is 5.73 Å². The van der Waals surface area contributed by atoms with E-state index in [4.69, 9.17) is 10.5 Å². The molecule has 0 rings (SSSR count). The fraction of sp³-hybridized carbons (Fsp3) is 0.900. The third-order valence-electron chi connectivity index (χ3n) is 1.52. The van der Waals surface area contributed by atoms with Gasteiger partial charge in [0.15, 0.2) is 0 Å². The minimum atomic E-state index is -0.474. The van der Waals surface area contributed by atoms with Gasteiger partial charge in [0.05, 0.1) is 6.54 Å². The fourth-order valence-electron chi connectivity index (χ4n) is 0.928. The molecule has 0 aliphatic carbocycles. The number of hydrazine groups is 1. The summed E-state index contributed by atoms with van der Waals surface area (Å²) < 4.78 is 5.22. The molecule has 0 aliphatic heterocycles. The zero-order valence-electron chi connectivity index (χ0n) is 10.2. The van der Waals surface area contributed by atoms with Gasteiger partial charge in [0.25, 0.3) is 0 Å². The largest absolute Gasteiger partial charge is 0.443 e. The summed E-state index contributed by atoms with van der Waals surface area (Å²) in [6.07, 6.45) is 0.575. The lowest BCUT2D eigenvalue weighted by molar-refractivity contribution is 0.0145. The van der Waals surface area contributed by atoms with Crippen LogP contribution in [0.15, 0.2) is 0 Å². The van der Waals surface area contributed by atoms with E-state index in [0.29, 0.717) is 13.1 Å². The number of carbonyl (C=O) groups is 1. The Morgan fingerprint density at radius 3 is 2.47 bits per heavy atom. The van der Waals surface area contributed by atoms with Crippen molar-refractivity contribution in [3.05, 3.63) is 0 Å². The Bertz CT molecular complexity index is 190. The van der Waals surface area contributed by atoms with E-state index in [0.717, 1.165) is 13.0 Å². The van der Waals surface area contributed by atoms with Crippen molar-refractivity contribution in [3.8, 4) is 0 Å². The molecule has 0 unspecified atom stereocenters. The first-order valence-electron chi connectivity index (χ1n) is 5.34. The van der Waals surface area contributed by atoms with Gasteiger partial charge >= 0.3 is 6.09 Å². The summed E-state index contributed by atoms with van der Waals surface area (Å²) in [7, 11) is 0. The van der Waals surface area contributed by atoms with Crippen molar-refractivity contribution >= 4 is 6.09 Å². The summed E-state index contributed by atoms with van der Waals surface area (Å²) in [6.45, 7) is 9.15. The molecule has 5 nitrogen and oxygen atoms in total. The smallest absolute Gasteiger partial charge is 0.424 e. The van der Waals surface area contributed by atoms with Crippen LogP contribution in [0.3, 0.4) is 0 Å². The van der Waals surface area contributed by atoms with Gasteiger partial charge in [-0.2, -0.15) is 0 Å². The predicted molar refractivity (Wildman–Crippen MR) is 60.3 cm³/mol. The maximum absolute atomic E-state index is 11.6. The highest BCUT2D eigenvalue weighted by atomic mass is 16.6. The molecule has 0 aliphatic rings. The predicted octanol–water partition coefficient (Wildman–Crippen LogP) is 1.10. The Hall–Kier alpha value is -0.810. The normalized spacial score (nSPS) is 11.3. The SMILES string of the molecule is CCCNN(CCN)C(=O)OC(C)(C)C. The van der Waals surface area contributed by atoms with Crippen molar-refractivity contribution in [2.75, 3.05) is 19.6 Å². The Labute approximate surface area is 91.9 Å². The van der Waals surface area contributed by atoms with E-state index in [1.54, 1.807) is 0 Å². The molecule has 1 amide bonds. The quantitative estimate of drug-likeness (QED) is 0.677. The van der Waals surface area contributed by atoms with Crippen molar-refractivity contribution in [1.29, 1.82) is 0 Å². The highest BCUT2D eigenvalue weighted by Crippen LogP contribution is 2.08. The fourth-order valence-corrected chi connectivity index (χ4v) is 0.928. The van der Waals surface area contributed by atoms with Crippen LogP contribution >= 0.6 is 0 Å². The van der Waals surface area contributed by atoms with Gasteiger partial charge in [-0.05, 0) is 27.2 Å². The van der Waals surface area contributed by atoms with E-state index in [2.05, 4.69) is 5.43 Å². The summed E-state index contributed by atoms with van der Waals surface area (Å²) in [5.74, 6) is 0. The molecule has 0 spiro atoms. The minimum Gasteiger partial charge on any atom is -0.443 e. The van der Waals surface area contributed by atoms with Gasteiger partial charge in [-0.15, -0.1) is 0 Å². The number of nitrogens with zero attached hydrogens (tertiary/aromatic N) is 1. The summed E-state index contributed by atoms with van der Waals surface area (Å²) in [5.41, 5.74) is 7.91. The average Bonchev–Trinajstić information content (AvgIpc) is 2.09. The van der Waals surface area contributed by atoms with Crippen molar-refractivity contribution < 1.29 is 9.53 Å². The molecule has 0 saturated heterocycles. The highest BCUT2D eigenvalue weighted by Gasteiger charge is 2.21. The second-order valence-corrected chi connectivity index (χ2v) is 4.33. The molecule has 0 aromatic rings. The first kappa shape index (κ1) is 14.2. The van der Waals surface area contributed by atoms with E-state index in [9.17, 15) is 4.79 Å². The zero-order valence-corrected chi connectivity index (χ0v) is 10.2. The maximum atomic E-state index is 11.6. The Balaban J connectivity index is 4.15. The molecule has 90 valence electrons. The van der Waals surface area contributed by atoms with Gasteiger partial charge in [0.1, 0.15) is 5.60 Å². The number of nitrogens with one attached hydrogen (secondary N) is 1. The first-order chi connectivity index (χ1) is 6.90. The van der Waals surface area contributed by atoms with Crippen LogP contribution in [-0.2, 0) is 4.74 Å². The van der Waals surface area contributed by atoms with E-state index < -0.39 is 5.60 Å². The van der Waals surface area contributed by atoms with E-state index in [-0.39, 0.29) is 6.09 Å². The number of amides is 1. The summed E-state index contributed by atoms with van der Waals surface area (Å²) >= 11 is 0. The van der Waals surface area contributed by atoms with Crippen LogP contribution in [0.2, 0.25) is 0 Å². The third kappa shape index (κ3) is 7.16. The Kier molecular flexibility index (Phi) is 6.27. The molecule has 0 radical (unpaired) electrons. The number of rotatable bonds is 5. The van der Waals surface area contributed by atoms with Crippen LogP contribution in [0.25, 0.3) is 0 Å². The van der Waals surface area contributed by atoms with Crippen LogP contribution < -0.4 is 11.2 Å². The monoisotopic (exact) mass is 217 g/mol. The lowest BCUT2D eigenvalue weighted by Gasteiger charge is -2.27. The maximum Gasteiger partial charge on any atom is 0.424 e. The van der Waals surface area contributed by atoms with Crippen molar-refractivity contribution in [3.63, 3.8) is 0 Å². The molecular formula is C10H23N3O2. The molecule has 0 heterocycles. The van der Waals surface area contributed by atoms with E-state index in [1.807, 2.05) is 27.7 Å². The van der Waals surface area contributed by atoms with Gasteiger partial charge in [-0.3, -0.25) is 0 Å². The molecule has 0 aromatic heterocycles. The van der Waals surface area contributed by atoms with Crippen molar-refractivity contribution in [2.45, 2.75) is 39.7 Å². The summed E-state index contributed by atoms with van der Waals surface area (Å²) in [6, 6.07) is 0. The molecule has 3 N–H and O–H groups in total. The van der Waals surface area contributed by atoms with Gasteiger partial charge in [-0.25, -0.2) is 15.2 Å². The molecule has 0 saturated carbocycles. The molecular weight excluding hydrogens is 194 g/mol. The Morgan fingerprint density at radius 1 is 1.47 bits per heavy atom. The van der Waals surface area contributed by atoms with Crippen LogP contribution in [0.5, 0.6) is 0 Å². The second kappa shape index (κ2) is 6.63. The minimum absolute atomic E-state index is 0.374. The number of ether oxygens (including phenoxy) is 1. The molecule has 0 bridgehead atoms. The second-order valence-electron chi connectivity index (χ2n) is 4.33. The standard InChI is InChI=1S/C10H23N3O2/c1-5-7-12-13(8-6-11)9(14)15-10(2,3)4/h12H,5-8,11H2,1-4H3. The number of hydrogen-bond donors (Lipinski definition) is 2. The molecule has 0 aromatic carbocycles. The molecule has 0 fully saturated rings. The van der Waals surface area contributed by atoms with Gasteiger partial charge in [0.2, 0.25) is 0 Å². The van der Waals surface area contributed by atoms with Crippen LogP contribution in [-0.4, -0.2) is 36.3 Å². The van der Waals surface area contributed by atoms with Crippen LogP contribution in [0, 0.1) is 0 Å². The average molecular weight is 217 g/mol. The molecule has 15 heavy (non-hydrogen) atoms. The van der Waals surface area contributed by atoms with Crippen LogP contribution in [0.1, 0.15) is 34.1 Å². The van der Waals surface area contributed by atoms with Crippen LogP contribution in [0.4, 0.5) is 4.79 Å². The lowest BCUT2D eigenvalue weighted by atomic mass is 10.2. The Morgan fingerprint density at radius 2 is 2.07 bits per heavy atom. The molecule has 5 heteroatoms. The highest BCUT2D eigenvalue weighted by molar-refractivity contribution is 5.67. The lowest BCUT2D eigenvalue weighted by Crippen LogP contribution is -2.48. The van der Waals surface area contributed by atoms with Crippen molar-refractivity contribution in [1.82, 2.24) is 10.4 Å². The van der Waals surface area contributed by atoms with Gasteiger partial charge in [-0.1, -0.05) is 6.92 Å². The van der Waals surface area contributed by atoms with E-state index in [1.165, 1.54) is 5.01 Å².